The molecule has 4 heteroatoms. The van der Waals surface area contributed by atoms with Crippen molar-refractivity contribution in [2.45, 2.75) is 26.8 Å². The molecule has 0 aliphatic carbocycles. The van der Waals surface area contributed by atoms with Crippen LogP contribution in [0.5, 0.6) is 0 Å². The molecule has 3 nitrogen and oxygen atoms in total. The van der Waals surface area contributed by atoms with Crippen LogP contribution >= 0.6 is 15.9 Å². The lowest BCUT2D eigenvalue weighted by Crippen LogP contribution is -2.16. The largest absolute Gasteiger partial charge is 0.342 e. The summed E-state index contributed by atoms with van der Waals surface area (Å²) in [7, 11) is 0. The smallest absolute Gasteiger partial charge is 0.272 e. The van der Waals surface area contributed by atoms with Crippen molar-refractivity contribution in [2.24, 2.45) is 0 Å². The fourth-order valence-electron chi connectivity index (χ4n) is 2.01. The number of hydrogen-bond donors (Lipinski definition) is 1. The zero-order valence-corrected chi connectivity index (χ0v) is 12.7. The highest BCUT2D eigenvalue weighted by Crippen LogP contribution is 2.17. The van der Waals surface area contributed by atoms with E-state index in [2.05, 4.69) is 28.2 Å². The molecule has 2 rings (SSSR count). The highest BCUT2D eigenvalue weighted by molar-refractivity contribution is 9.10. The Balaban J connectivity index is 2.20. The number of halogens is 1. The topological polar surface area (TPSA) is 34.0 Å². The number of benzene rings is 1. The van der Waals surface area contributed by atoms with Crippen LogP contribution < -0.4 is 5.32 Å². The van der Waals surface area contributed by atoms with Crippen molar-refractivity contribution >= 4 is 27.5 Å². The third-order valence-corrected chi connectivity index (χ3v) is 3.27. The minimum Gasteiger partial charge on any atom is -0.342 e. The summed E-state index contributed by atoms with van der Waals surface area (Å²) in [6.07, 6.45) is 2.93. The van der Waals surface area contributed by atoms with Gasteiger partial charge < -0.3 is 9.88 Å². The van der Waals surface area contributed by atoms with Crippen LogP contribution in [0.3, 0.4) is 0 Å². The zero-order chi connectivity index (χ0) is 13.8. The van der Waals surface area contributed by atoms with Crippen LogP contribution in [0.2, 0.25) is 0 Å². The first-order chi connectivity index (χ1) is 9.10. The Morgan fingerprint density at radius 2 is 2.16 bits per heavy atom. The zero-order valence-electron chi connectivity index (χ0n) is 11.1. The van der Waals surface area contributed by atoms with Gasteiger partial charge in [-0.3, -0.25) is 4.79 Å². The molecule has 0 aliphatic heterocycles. The van der Waals surface area contributed by atoms with Gasteiger partial charge >= 0.3 is 0 Å². The Morgan fingerprint density at radius 1 is 1.37 bits per heavy atom. The van der Waals surface area contributed by atoms with E-state index in [-0.39, 0.29) is 5.91 Å². The van der Waals surface area contributed by atoms with E-state index in [1.54, 1.807) is 0 Å². The van der Waals surface area contributed by atoms with Gasteiger partial charge in [-0.25, -0.2) is 0 Å². The summed E-state index contributed by atoms with van der Waals surface area (Å²) in [5.41, 5.74) is 2.63. The number of carbonyl (C=O) groups excluding carboxylic acids is 1. The van der Waals surface area contributed by atoms with Gasteiger partial charge in [0.05, 0.1) is 0 Å². The number of aryl methyl sites for hydroxylation is 2. The fourth-order valence-corrected chi connectivity index (χ4v) is 2.47. The number of nitrogens with one attached hydrogen (secondary N) is 1. The van der Waals surface area contributed by atoms with Crippen LogP contribution in [-0.4, -0.2) is 10.5 Å². The molecule has 0 saturated heterocycles. The number of hydrogen-bond acceptors (Lipinski definition) is 1. The quantitative estimate of drug-likeness (QED) is 0.899. The van der Waals surface area contributed by atoms with E-state index in [1.807, 2.05) is 48.0 Å². The second kappa shape index (κ2) is 6.06. The van der Waals surface area contributed by atoms with Crippen molar-refractivity contribution in [2.75, 3.05) is 5.32 Å². The molecular formula is C15H17BrN2O. The molecule has 0 fully saturated rings. The number of anilines is 1. The summed E-state index contributed by atoms with van der Waals surface area (Å²) in [6, 6.07) is 9.64. The van der Waals surface area contributed by atoms with Crippen LogP contribution in [0.4, 0.5) is 5.69 Å². The molecule has 100 valence electrons. The van der Waals surface area contributed by atoms with Gasteiger partial charge in [0, 0.05) is 22.9 Å². The van der Waals surface area contributed by atoms with E-state index in [1.165, 1.54) is 0 Å². The minimum atomic E-state index is -0.0789. The second-order valence-electron chi connectivity index (χ2n) is 4.56. The predicted molar refractivity (Wildman–Crippen MR) is 81.6 cm³/mol. The standard InChI is InChI=1S/C15H17BrN2O/c1-3-7-18-10-12(16)9-14(18)15(19)17-13-6-4-5-11(2)8-13/h4-6,8-10H,3,7H2,1-2H3,(H,17,19). The van der Waals surface area contributed by atoms with Crippen LogP contribution in [0.25, 0.3) is 0 Å². The predicted octanol–water partition coefficient (Wildman–Crippen LogP) is 4.22. The third-order valence-electron chi connectivity index (χ3n) is 2.84. The lowest BCUT2D eigenvalue weighted by atomic mass is 10.2. The first-order valence-corrected chi connectivity index (χ1v) is 7.13. The highest BCUT2D eigenvalue weighted by Gasteiger charge is 2.12. The summed E-state index contributed by atoms with van der Waals surface area (Å²) >= 11 is 3.42. The molecule has 1 N–H and O–H groups in total. The molecule has 1 aromatic carbocycles. The molecule has 0 unspecified atom stereocenters. The highest BCUT2D eigenvalue weighted by atomic mass is 79.9. The number of aromatic nitrogens is 1. The van der Waals surface area contributed by atoms with Crippen LogP contribution in [0, 0.1) is 6.92 Å². The maximum atomic E-state index is 12.3. The van der Waals surface area contributed by atoms with Crippen molar-refractivity contribution in [3.05, 3.63) is 52.3 Å². The Hall–Kier alpha value is -1.55. The molecule has 2 aromatic rings. The summed E-state index contributed by atoms with van der Waals surface area (Å²) in [4.78, 5) is 12.3. The Labute approximate surface area is 121 Å². The third kappa shape index (κ3) is 3.47. The van der Waals surface area contributed by atoms with Gasteiger partial charge in [0.25, 0.3) is 5.91 Å². The number of amides is 1. The van der Waals surface area contributed by atoms with Gasteiger partial charge in [-0.05, 0) is 53.0 Å². The Kier molecular flexibility index (Phi) is 4.43. The van der Waals surface area contributed by atoms with E-state index in [9.17, 15) is 4.79 Å². The SMILES string of the molecule is CCCn1cc(Br)cc1C(=O)Nc1cccc(C)c1. The molecule has 1 amide bonds. The van der Waals surface area contributed by atoms with E-state index in [4.69, 9.17) is 0 Å². The summed E-state index contributed by atoms with van der Waals surface area (Å²) in [5.74, 6) is -0.0789. The minimum absolute atomic E-state index is 0.0789. The molecule has 1 heterocycles. The number of carbonyl (C=O) groups is 1. The van der Waals surface area contributed by atoms with Gasteiger partial charge in [-0.2, -0.15) is 0 Å². The van der Waals surface area contributed by atoms with E-state index in [0.717, 1.165) is 28.7 Å². The van der Waals surface area contributed by atoms with Gasteiger partial charge in [-0.1, -0.05) is 19.1 Å². The summed E-state index contributed by atoms with van der Waals surface area (Å²) in [5, 5.41) is 2.93. The lowest BCUT2D eigenvalue weighted by Gasteiger charge is -2.09. The van der Waals surface area contributed by atoms with Crippen molar-refractivity contribution in [3.63, 3.8) is 0 Å². The average molecular weight is 321 g/mol. The average Bonchev–Trinajstić information content (AvgIpc) is 2.71. The molecule has 1 aromatic heterocycles. The van der Waals surface area contributed by atoms with Crippen molar-refractivity contribution < 1.29 is 4.79 Å². The molecule has 19 heavy (non-hydrogen) atoms. The van der Waals surface area contributed by atoms with Crippen molar-refractivity contribution in [1.82, 2.24) is 4.57 Å². The van der Waals surface area contributed by atoms with Gasteiger partial charge in [-0.15, -0.1) is 0 Å². The molecule has 0 bridgehead atoms. The first kappa shape index (κ1) is 13.9. The molecule has 0 spiro atoms. The second-order valence-corrected chi connectivity index (χ2v) is 5.48. The van der Waals surface area contributed by atoms with Gasteiger partial charge in [0.1, 0.15) is 5.69 Å². The van der Waals surface area contributed by atoms with Crippen molar-refractivity contribution in [3.8, 4) is 0 Å². The Bertz CT molecular complexity index is 590. The molecule has 0 saturated carbocycles. The van der Waals surface area contributed by atoms with E-state index in [0.29, 0.717) is 5.69 Å². The molecule has 0 aliphatic rings. The Morgan fingerprint density at radius 3 is 2.84 bits per heavy atom. The molecular weight excluding hydrogens is 304 g/mol. The lowest BCUT2D eigenvalue weighted by molar-refractivity contribution is 0.101. The molecule has 0 atom stereocenters. The maximum absolute atomic E-state index is 12.3. The number of nitrogens with zero attached hydrogens (tertiary/aromatic N) is 1. The molecule has 0 radical (unpaired) electrons. The first-order valence-electron chi connectivity index (χ1n) is 6.34. The van der Waals surface area contributed by atoms with E-state index < -0.39 is 0 Å². The van der Waals surface area contributed by atoms with Crippen LogP contribution in [0.15, 0.2) is 41.0 Å². The van der Waals surface area contributed by atoms with Crippen LogP contribution in [0.1, 0.15) is 29.4 Å². The van der Waals surface area contributed by atoms with Crippen LogP contribution in [-0.2, 0) is 6.54 Å². The monoisotopic (exact) mass is 320 g/mol. The summed E-state index contributed by atoms with van der Waals surface area (Å²) < 4.78 is 2.89. The van der Waals surface area contributed by atoms with Gasteiger partial charge in [0.15, 0.2) is 0 Å². The fraction of sp³-hybridized carbons (Fsp3) is 0.267. The normalized spacial score (nSPS) is 10.5. The van der Waals surface area contributed by atoms with Gasteiger partial charge in [0.2, 0.25) is 0 Å². The number of rotatable bonds is 4. The van der Waals surface area contributed by atoms with Crippen molar-refractivity contribution in [1.29, 1.82) is 0 Å². The maximum Gasteiger partial charge on any atom is 0.272 e. The summed E-state index contributed by atoms with van der Waals surface area (Å²) in [6.45, 7) is 4.93. The van der Waals surface area contributed by atoms with E-state index >= 15 is 0 Å².